The third kappa shape index (κ3) is 3.63. The fourth-order valence-corrected chi connectivity index (χ4v) is 4.28. The van der Waals surface area contributed by atoms with E-state index in [1.165, 1.54) is 4.90 Å². The molecule has 1 aromatic rings. The van der Waals surface area contributed by atoms with Crippen molar-refractivity contribution in [1.29, 1.82) is 0 Å². The smallest absolute Gasteiger partial charge is 0.114 e. The molecule has 1 aromatic carbocycles. The van der Waals surface area contributed by atoms with Crippen LogP contribution >= 0.6 is 11.2 Å². The van der Waals surface area contributed by atoms with E-state index in [-0.39, 0.29) is 0 Å². The van der Waals surface area contributed by atoms with Crippen LogP contribution in [0.1, 0.15) is 0 Å². The van der Waals surface area contributed by atoms with E-state index in [1.54, 1.807) is 0 Å². The van der Waals surface area contributed by atoms with Crippen LogP contribution in [0.15, 0.2) is 29.2 Å². The van der Waals surface area contributed by atoms with Gasteiger partial charge in [0.25, 0.3) is 0 Å². The average Bonchev–Trinajstić information content (AvgIpc) is 1.85. The second kappa shape index (κ2) is 3.46. The van der Waals surface area contributed by atoms with Crippen LogP contribution in [0.2, 0.25) is 19.6 Å². The summed E-state index contributed by atoms with van der Waals surface area (Å²) >= 11 is 2.01. The molecule has 0 fully saturated rings. The van der Waals surface area contributed by atoms with Crippen LogP contribution in [0.25, 0.3) is 0 Å². The molecule has 0 aromatic heterocycles. The highest BCUT2D eigenvalue weighted by Crippen LogP contribution is 2.27. The van der Waals surface area contributed by atoms with Gasteiger partial charge < -0.3 is 0 Å². The molecular weight excluding hydrogens is 168 g/mol. The van der Waals surface area contributed by atoms with Gasteiger partial charge in [0.15, 0.2) is 0 Å². The molecule has 59 valence electrons. The summed E-state index contributed by atoms with van der Waals surface area (Å²) in [6.07, 6.45) is 0. The summed E-state index contributed by atoms with van der Waals surface area (Å²) < 4.78 is 0. The van der Waals surface area contributed by atoms with Crippen LogP contribution in [-0.2, 0) is 0 Å². The first kappa shape index (κ1) is 8.88. The van der Waals surface area contributed by atoms with Gasteiger partial charge in [0.1, 0.15) is 7.22 Å². The van der Waals surface area contributed by atoms with Crippen molar-refractivity contribution in [2.45, 2.75) is 24.5 Å². The Kier molecular flexibility index (Phi) is 2.79. The molecule has 0 amide bonds. The summed E-state index contributed by atoms with van der Waals surface area (Å²) in [5.41, 5.74) is 0. The second-order valence-corrected chi connectivity index (χ2v) is 12.6. The molecule has 0 atom stereocenters. The first-order valence-electron chi connectivity index (χ1n) is 3.73. The summed E-state index contributed by atoms with van der Waals surface area (Å²) in [6, 6.07) is 11.3. The number of rotatable bonds is 2. The Bertz CT molecular complexity index is 213. The largest absolute Gasteiger partial charge is 0.152 e. The molecule has 0 spiro atoms. The van der Waals surface area contributed by atoms with Gasteiger partial charge in [-0.2, -0.15) is 11.2 Å². The van der Waals surface area contributed by atoms with Crippen molar-refractivity contribution in [1.82, 2.24) is 0 Å². The van der Waals surface area contributed by atoms with Crippen LogP contribution < -0.4 is 0 Å². The van der Waals surface area contributed by atoms with E-state index in [2.05, 4.69) is 37.8 Å². The standard InChI is InChI=1S/C9H13SSi/c1-11(2,3)10-9-7-5-4-6-8-9/h4-5,7-8H,1-3H3. The van der Waals surface area contributed by atoms with Crippen LogP contribution in [-0.4, -0.2) is 7.22 Å². The quantitative estimate of drug-likeness (QED) is 0.630. The molecular formula is C9H13SSi. The zero-order valence-corrected chi connectivity index (χ0v) is 9.03. The van der Waals surface area contributed by atoms with E-state index in [1.807, 2.05) is 23.3 Å². The van der Waals surface area contributed by atoms with E-state index in [0.717, 1.165) is 0 Å². The molecule has 11 heavy (non-hydrogen) atoms. The highest BCUT2D eigenvalue weighted by Gasteiger charge is 2.13. The van der Waals surface area contributed by atoms with Gasteiger partial charge in [-0.3, -0.25) is 0 Å². The SMILES string of the molecule is C[Si](C)(C)Sc1c[c]ccc1. The molecule has 0 unspecified atom stereocenters. The summed E-state index contributed by atoms with van der Waals surface area (Å²) in [5.74, 6) is 0. The lowest BCUT2D eigenvalue weighted by atomic mass is 10.4. The Morgan fingerprint density at radius 2 is 2.09 bits per heavy atom. The Morgan fingerprint density at radius 3 is 2.55 bits per heavy atom. The fourth-order valence-electron chi connectivity index (χ4n) is 0.794. The Morgan fingerprint density at radius 1 is 1.36 bits per heavy atom. The predicted molar refractivity (Wildman–Crippen MR) is 54.5 cm³/mol. The first-order chi connectivity index (χ1) is 5.08. The topological polar surface area (TPSA) is 0 Å². The molecule has 0 aliphatic carbocycles. The zero-order chi connectivity index (χ0) is 8.32. The molecule has 0 heterocycles. The fraction of sp³-hybridized carbons (Fsp3) is 0.333. The van der Waals surface area contributed by atoms with Gasteiger partial charge in [0.2, 0.25) is 0 Å². The Hall–Kier alpha value is -0.213. The minimum Gasteiger partial charge on any atom is -0.152 e. The Labute approximate surface area is 73.7 Å². The minimum absolute atomic E-state index is 1.00. The number of benzene rings is 1. The van der Waals surface area contributed by atoms with Gasteiger partial charge in [-0.15, -0.1) is 0 Å². The molecule has 2 heteroatoms. The normalized spacial score (nSPS) is 11.5. The average molecular weight is 181 g/mol. The summed E-state index contributed by atoms with van der Waals surface area (Å²) in [4.78, 5) is 1.35. The highest BCUT2D eigenvalue weighted by molar-refractivity contribution is 8.28. The van der Waals surface area contributed by atoms with Crippen LogP contribution in [0.5, 0.6) is 0 Å². The summed E-state index contributed by atoms with van der Waals surface area (Å²) in [6.45, 7) is 7.06. The molecule has 0 aliphatic heterocycles. The molecule has 0 N–H and O–H groups in total. The third-order valence-electron chi connectivity index (χ3n) is 1.10. The number of hydrogen-bond acceptors (Lipinski definition) is 1. The molecule has 1 rings (SSSR count). The van der Waals surface area contributed by atoms with Gasteiger partial charge in [-0.1, -0.05) is 31.8 Å². The van der Waals surface area contributed by atoms with Crippen molar-refractivity contribution in [2.75, 3.05) is 0 Å². The molecule has 0 bridgehead atoms. The second-order valence-electron chi connectivity index (χ2n) is 3.45. The van der Waals surface area contributed by atoms with Gasteiger partial charge in [-0.25, -0.2) is 0 Å². The molecule has 0 saturated heterocycles. The van der Waals surface area contributed by atoms with Gasteiger partial charge in [0, 0.05) is 4.90 Å². The van der Waals surface area contributed by atoms with E-state index in [0.29, 0.717) is 0 Å². The summed E-state index contributed by atoms with van der Waals surface area (Å²) in [7, 11) is -1.00. The van der Waals surface area contributed by atoms with E-state index in [9.17, 15) is 0 Å². The van der Waals surface area contributed by atoms with Crippen LogP contribution in [0, 0.1) is 6.07 Å². The lowest BCUT2D eigenvalue weighted by Crippen LogP contribution is -2.13. The lowest BCUT2D eigenvalue weighted by Gasteiger charge is -2.14. The van der Waals surface area contributed by atoms with Crippen LogP contribution in [0.4, 0.5) is 0 Å². The molecule has 0 nitrogen and oxygen atoms in total. The third-order valence-corrected chi connectivity index (χ3v) is 4.75. The maximum atomic E-state index is 3.08. The zero-order valence-electron chi connectivity index (χ0n) is 7.22. The van der Waals surface area contributed by atoms with Crippen molar-refractivity contribution in [3.05, 3.63) is 30.3 Å². The monoisotopic (exact) mass is 181 g/mol. The van der Waals surface area contributed by atoms with Crippen molar-refractivity contribution < 1.29 is 0 Å². The first-order valence-corrected chi connectivity index (χ1v) is 8.77. The van der Waals surface area contributed by atoms with E-state index >= 15 is 0 Å². The highest BCUT2D eigenvalue weighted by atomic mass is 32.4. The van der Waals surface area contributed by atoms with Crippen molar-refractivity contribution in [3.63, 3.8) is 0 Å². The maximum absolute atomic E-state index is 3.08. The minimum atomic E-state index is -1.00. The predicted octanol–water partition coefficient (Wildman–Crippen LogP) is 3.41. The molecule has 0 aliphatic rings. The molecule has 1 radical (unpaired) electrons. The number of hydrogen-bond donors (Lipinski definition) is 0. The van der Waals surface area contributed by atoms with Crippen LogP contribution in [0.3, 0.4) is 0 Å². The van der Waals surface area contributed by atoms with Gasteiger partial charge in [0.05, 0.1) is 0 Å². The van der Waals surface area contributed by atoms with E-state index < -0.39 is 7.22 Å². The molecule has 0 saturated carbocycles. The Balaban J connectivity index is 2.66. The summed E-state index contributed by atoms with van der Waals surface area (Å²) in [5, 5.41) is 0. The lowest BCUT2D eigenvalue weighted by molar-refractivity contribution is 1.46. The maximum Gasteiger partial charge on any atom is 0.114 e. The van der Waals surface area contributed by atoms with Gasteiger partial charge >= 0.3 is 0 Å². The van der Waals surface area contributed by atoms with E-state index in [4.69, 9.17) is 0 Å². The van der Waals surface area contributed by atoms with Crippen molar-refractivity contribution in [3.8, 4) is 0 Å². The van der Waals surface area contributed by atoms with Crippen molar-refractivity contribution in [2.24, 2.45) is 0 Å². The van der Waals surface area contributed by atoms with Gasteiger partial charge in [-0.05, 0) is 18.2 Å². The van der Waals surface area contributed by atoms with Crippen molar-refractivity contribution >= 4 is 18.4 Å².